The molecule has 1 fully saturated rings. The van der Waals surface area contributed by atoms with Crippen molar-refractivity contribution in [1.82, 2.24) is 10.2 Å². The number of hydrogen-bond donors (Lipinski definition) is 1. The zero-order valence-electron chi connectivity index (χ0n) is 11.6. The molecule has 0 bridgehead atoms. The Morgan fingerprint density at radius 1 is 1.28 bits per heavy atom. The topological polar surface area (TPSA) is 24.5 Å². The summed E-state index contributed by atoms with van der Waals surface area (Å²) in [5, 5.41) is 3.55. The van der Waals surface area contributed by atoms with Gasteiger partial charge in [0.15, 0.2) is 0 Å². The second kappa shape index (κ2) is 6.21. The molecule has 2 rings (SSSR count). The molecule has 1 aromatic carbocycles. The van der Waals surface area contributed by atoms with Gasteiger partial charge in [-0.05, 0) is 50.7 Å². The van der Waals surface area contributed by atoms with Gasteiger partial charge in [0.25, 0.3) is 0 Å². The standard InChI is InChI=1S/C15H24N2O/c1-12-10-15(16-11-12)13-4-6-14(7-5-13)18-9-8-17(2)3/h4-7,12,15-16H,8-11H2,1-3H3/t12-,15+/m1/s1. The number of nitrogens with zero attached hydrogens (tertiary/aromatic N) is 1. The van der Waals surface area contributed by atoms with E-state index >= 15 is 0 Å². The average molecular weight is 248 g/mol. The lowest BCUT2D eigenvalue weighted by atomic mass is 10.0. The lowest BCUT2D eigenvalue weighted by molar-refractivity contribution is 0.261. The first-order valence-corrected chi connectivity index (χ1v) is 6.76. The minimum Gasteiger partial charge on any atom is -0.492 e. The second-order valence-corrected chi connectivity index (χ2v) is 5.52. The first-order valence-electron chi connectivity index (χ1n) is 6.76. The van der Waals surface area contributed by atoms with Crippen LogP contribution in [0.5, 0.6) is 5.75 Å². The highest BCUT2D eigenvalue weighted by Gasteiger charge is 2.21. The van der Waals surface area contributed by atoms with Crippen molar-refractivity contribution in [3.63, 3.8) is 0 Å². The van der Waals surface area contributed by atoms with Gasteiger partial charge in [-0.1, -0.05) is 19.1 Å². The molecule has 1 aliphatic heterocycles. The number of ether oxygens (including phenoxy) is 1. The third-order valence-corrected chi connectivity index (χ3v) is 3.44. The van der Waals surface area contributed by atoms with E-state index in [1.165, 1.54) is 12.0 Å². The van der Waals surface area contributed by atoms with Gasteiger partial charge in [0.2, 0.25) is 0 Å². The first-order chi connectivity index (χ1) is 8.65. The molecule has 0 spiro atoms. The molecule has 1 aliphatic rings. The Morgan fingerprint density at radius 3 is 2.56 bits per heavy atom. The quantitative estimate of drug-likeness (QED) is 0.865. The summed E-state index contributed by atoms with van der Waals surface area (Å²) in [6.07, 6.45) is 1.24. The van der Waals surface area contributed by atoms with E-state index < -0.39 is 0 Å². The van der Waals surface area contributed by atoms with Crippen LogP contribution in [0.1, 0.15) is 24.9 Å². The predicted molar refractivity (Wildman–Crippen MR) is 75.0 cm³/mol. The van der Waals surface area contributed by atoms with Gasteiger partial charge in [-0.2, -0.15) is 0 Å². The van der Waals surface area contributed by atoms with Crippen LogP contribution in [0.4, 0.5) is 0 Å². The van der Waals surface area contributed by atoms with Crippen LogP contribution >= 0.6 is 0 Å². The minimum atomic E-state index is 0.524. The zero-order chi connectivity index (χ0) is 13.0. The molecule has 0 radical (unpaired) electrons. The van der Waals surface area contributed by atoms with Crippen molar-refractivity contribution < 1.29 is 4.74 Å². The van der Waals surface area contributed by atoms with E-state index in [4.69, 9.17) is 4.74 Å². The van der Waals surface area contributed by atoms with E-state index in [9.17, 15) is 0 Å². The summed E-state index contributed by atoms with van der Waals surface area (Å²) in [7, 11) is 4.11. The highest BCUT2D eigenvalue weighted by molar-refractivity contribution is 5.29. The van der Waals surface area contributed by atoms with Gasteiger partial charge in [0, 0.05) is 12.6 Å². The molecule has 100 valence electrons. The fourth-order valence-corrected chi connectivity index (χ4v) is 2.31. The van der Waals surface area contributed by atoms with Gasteiger partial charge in [-0.3, -0.25) is 0 Å². The number of rotatable bonds is 5. The Morgan fingerprint density at radius 2 is 2.00 bits per heavy atom. The maximum Gasteiger partial charge on any atom is 0.119 e. The Balaban J connectivity index is 1.85. The molecule has 2 atom stereocenters. The third-order valence-electron chi connectivity index (χ3n) is 3.44. The van der Waals surface area contributed by atoms with Crippen molar-refractivity contribution in [3.8, 4) is 5.75 Å². The van der Waals surface area contributed by atoms with Gasteiger partial charge in [-0.25, -0.2) is 0 Å². The summed E-state index contributed by atoms with van der Waals surface area (Å²) in [4.78, 5) is 2.12. The lowest BCUT2D eigenvalue weighted by Crippen LogP contribution is -2.19. The molecule has 0 amide bonds. The van der Waals surface area contributed by atoms with E-state index in [0.29, 0.717) is 6.04 Å². The summed E-state index contributed by atoms with van der Waals surface area (Å²) < 4.78 is 5.69. The predicted octanol–water partition coefficient (Wildman–Crippen LogP) is 2.30. The molecule has 1 saturated heterocycles. The fourth-order valence-electron chi connectivity index (χ4n) is 2.31. The van der Waals surface area contributed by atoms with Crippen molar-refractivity contribution in [2.75, 3.05) is 33.8 Å². The van der Waals surface area contributed by atoms with Gasteiger partial charge in [0.1, 0.15) is 12.4 Å². The van der Waals surface area contributed by atoms with Gasteiger partial charge >= 0.3 is 0 Å². The second-order valence-electron chi connectivity index (χ2n) is 5.52. The number of nitrogens with one attached hydrogen (secondary N) is 1. The molecule has 0 unspecified atom stereocenters. The van der Waals surface area contributed by atoms with E-state index in [-0.39, 0.29) is 0 Å². The molecule has 1 aromatic rings. The van der Waals surface area contributed by atoms with Crippen molar-refractivity contribution in [2.45, 2.75) is 19.4 Å². The summed E-state index contributed by atoms with van der Waals surface area (Å²) in [6.45, 7) is 5.12. The highest BCUT2D eigenvalue weighted by Crippen LogP contribution is 2.27. The van der Waals surface area contributed by atoms with Crippen LogP contribution in [-0.2, 0) is 0 Å². The molecular formula is C15H24N2O. The van der Waals surface area contributed by atoms with Crippen molar-refractivity contribution in [3.05, 3.63) is 29.8 Å². The molecule has 18 heavy (non-hydrogen) atoms. The third kappa shape index (κ3) is 3.72. The summed E-state index contributed by atoms with van der Waals surface area (Å²) in [6, 6.07) is 9.04. The summed E-state index contributed by atoms with van der Waals surface area (Å²) in [5.41, 5.74) is 1.37. The number of likely N-dealkylation sites (N-methyl/N-ethyl adjacent to an activating group) is 1. The number of benzene rings is 1. The molecule has 1 heterocycles. The Kier molecular flexibility index (Phi) is 4.61. The van der Waals surface area contributed by atoms with Gasteiger partial charge in [0.05, 0.1) is 0 Å². The largest absolute Gasteiger partial charge is 0.492 e. The molecule has 3 heteroatoms. The molecule has 0 aromatic heterocycles. The van der Waals surface area contributed by atoms with Crippen molar-refractivity contribution >= 4 is 0 Å². The molecule has 1 N–H and O–H groups in total. The Bertz CT molecular complexity index is 361. The molecular weight excluding hydrogens is 224 g/mol. The first kappa shape index (κ1) is 13.4. The fraction of sp³-hybridized carbons (Fsp3) is 0.600. The zero-order valence-corrected chi connectivity index (χ0v) is 11.6. The van der Waals surface area contributed by atoms with Crippen molar-refractivity contribution in [2.24, 2.45) is 5.92 Å². The van der Waals surface area contributed by atoms with Crippen LogP contribution in [0.25, 0.3) is 0 Å². The van der Waals surface area contributed by atoms with Gasteiger partial charge < -0.3 is 15.0 Å². The Labute approximate surface area is 110 Å². The van der Waals surface area contributed by atoms with Crippen LogP contribution in [0.15, 0.2) is 24.3 Å². The molecule has 0 aliphatic carbocycles. The number of hydrogen-bond acceptors (Lipinski definition) is 3. The monoisotopic (exact) mass is 248 g/mol. The molecule has 0 saturated carbocycles. The summed E-state index contributed by atoms with van der Waals surface area (Å²) in [5.74, 6) is 1.75. The van der Waals surface area contributed by atoms with Crippen LogP contribution in [0.2, 0.25) is 0 Å². The van der Waals surface area contributed by atoms with E-state index in [2.05, 4.69) is 55.5 Å². The average Bonchev–Trinajstić information content (AvgIpc) is 2.76. The minimum absolute atomic E-state index is 0.524. The van der Waals surface area contributed by atoms with Crippen LogP contribution < -0.4 is 10.1 Å². The summed E-state index contributed by atoms with van der Waals surface area (Å²) >= 11 is 0. The SMILES string of the molecule is C[C@H]1CN[C@H](c2ccc(OCCN(C)C)cc2)C1. The van der Waals surface area contributed by atoms with Crippen LogP contribution in [0, 0.1) is 5.92 Å². The van der Waals surface area contributed by atoms with Crippen LogP contribution in [0.3, 0.4) is 0 Å². The van der Waals surface area contributed by atoms with Crippen LogP contribution in [-0.4, -0.2) is 38.7 Å². The van der Waals surface area contributed by atoms with E-state index in [0.717, 1.165) is 31.4 Å². The maximum atomic E-state index is 5.69. The van der Waals surface area contributed by atoms with Gasteiger partial charge in [-0.15, -0.1) is 0 Å². The maximum absolute atomic E-state index is 5.69. The smallest absolute Gasteiger partial charge is 0.119 e. The lowest BCUT2D eigenvalue weighted by Gasteiger charge is -2.13. The highest BCUT2D eigenvalue weighted by atomic mass is 16.5. The molecule has 3 nitrogen and oxygen atoms in total. The Hall–Kier alpha value is -1.06. The van der Waals surface area contributed by atoms with E-state index in [1.54, 1.807) is 0 Å². The van der Waals surface area contributed by atoms with Crippen molar-refractivity contribution in [1.29, 1.82) is 0 Å². The normalized spacial score (nSPS) is 23.6. The van der Waals surface area contributed by atoms with E-state index in [1.807, 2.05) is 0 Å².